The number of carboxylic acid groups (broad SMARTS) is 1. The third-order valence-electron chi connectivity index (χ3n) is 4.49. The lowest BCUT2D eigenvalue weighted by molar-refractivity contribution is -0.136. The van der Waals surface area contributed by atoms with Crippen LogP contribution in [0.2, 0.25) is 5.02 Å². The fourth-order valence-electron chi connectivity index (χ4n) is 3.05. The number of aliphatic carboxylic acids is 1. The van der Waals surface area contributed by atoms with Gasteiger partial charge in [0.05, 0.1) is 17.4 Å². The van der Waals surface area contributed by atoms with Crippen LogP contribution >= 0.6 is 39.3 Å². The van der Waals surface area contributed by atoms with Crippen LogP contribution < -0.4 is 0 Å². The van der Waals surface area contributed by atoms with Gasteiger partial charge in [0.25, 0.3) is 0 Å². The number of hydrogen-bond donors (Lipinski definition) is 1. The fourth-order valence-corrected chi connectivity index (χ4v) is 4.55. The van der Waals surface area contributed by atoms with Crippen molar-refractivity contribution < 1.29 is 9.90 Å². The van der Waals surface area contributed by atoms with E-state index in [9.17, 15) is 9.90 Å². The molecule has 2 aromatic carbocycles. The van der Waals surface area contributed by atoms with Crippen LogP contribution in [0.1, 0.15) is 23.4 Å². The molecule has 1 unspecified atom stereocenters. The lowest BCUT2D eigenvalue weighted by Crippen LogP contribution is -2.27. The minimum atomic E-state index is -0.882. The highest BCUT2D eigenvalue weighted by Crippen LogP contribution is 2.32. The summed E-state index contributed by atoms with van der Waals surface area (Å²) in [6, 6.07) is 15.4. The van der Waals surface area contributed by atoms with E-state index in [-0.39, 0.29) is 11.7 Å². The van der Waals surface area contributed by atoms with Gasteiger partial charge in [0.1, 0.15) is 0 Å². The number of aryl methyl sites for hydroxylation is 2. The van der Waals surface area contributed by atoms with Crippen LogP contribution in [0, 0.1) is 0 Å². The van der Waals surface area contributed by atoms with Crippen molar-refractivity contribution in [1.29, 1.82) is 0 Å². The minimum Gasteiger partial charge on any atom is -0.481 e. The molecule has 29 heavy (non-hydrogen) atoms. The van der Waals surface area contributed by atoms with Crippen molar-refractivity contribution in [3.63, 3.8) is 0 Å². The van der Waals surface area contributed by atoms with Gasteiger partial charge in [0.15, 0.2) is 5.82 Å². The average molecular weight is 492 g/mol. The Labute approximate surface area is 185 Å². The minimum absolute atomic E-state index is 0.0484. The van der Waals surface area contributed by atoms with Crippen molar-refractivity contribution in [1.82, 2.24) is 14.9 Å². The van der Waals surface area contributed by atoms with Gasteiger partial charge in [0.2, 0.25) is 5.16 Å². The maximum absolute atomic E-state index is 11.4. The number of fused-ring (bicyclic) bond motifs is 1. The Bertz CT molecular complexity index is 1070. The summed E-state index contributed by atoms with van der Waals surface area (Å²) in [5.74, 6) is -0.136. The van der Waals surface area contributed by atoms with Gasteiger partial charge in [-0.15, -0.1) is 10.2 Å². The summed E-state index contributed by atoms with van der Waals surface area (Å²) in [7, 11) is 0. The van der Waals surface area contributed by atoms with E-state index in [1.54, 1.807) is 16.8 Å². The van der Waals surface area contributed by atoms with Gasteiger partial charge in [-0.25, -0.2) is 0 Å². The molecule has 0 amide bonds. The molecule has 0 bridgehead atoms. The number of carbonyl (C=O) groups is 1. The molecule has 0 spiro atoms. The van der Waals surface area contributed by atoms with Crippen molar-refractivity contribution in [3.8, 4) is 0 Å². The van der Waals surface area contributed by atoms with Crippen LogP contribution in [0.25, 0.3) is 0 Å². The number of rotatable bonds is 6. The molecule has 1 aromatic heterocycles. The number of aromatic nitrogens is 3. The van der Waals surface area contributed by atoms with E-state index in [2.05, 4.69) is 38.3 Å². The predicted octanol–water partition coefficient (Wildman–Crippen LogP) is 4.68. The second kappa shape index (κ2) is 8.69. The first-order chi connectivity index (χ1) is 14.0. The second-order valence-corrected chi connectivity index (χ2v) is 9.06. The van der Waals surface area contributed by atoms with Crippen molar-refractivity contribution in [2.45, 2.75) is 29.7 Å². The lowest BCUT2D eigenvalue weighted by Gasteiger charge is -2.22. The largest absolute Gasteiger partial charge is 0.481 e. The van der Waals surface area contributed by atoms with E-state index in [4.69, 9.17) is 16.7 Å². The summed E-state index contributed by atoms with van der Waals surface area (Å²) >= 11 is 10.8. The van der Waals surface area contributed by atoms with E-state index < -0.39 is 5.97 Å². The lowest BCUT2D eigenvalue weighted by atomic mass is 10.1. The fraction of sp³-hybridized carbons (Fsp3) is 0.200. The van der Waals surface area contributed by atoms with Crippen LogP contribution in [0.3, 0.4) is 0 Å². The molecule has 0 fully saturated rings. The molecule has 0 saturated heterocycles. The molecule has 4 rings (SSSR count). The monoisotopic (exact) mass is 490 g/mol. The molecule has 1 N–H and O–H groups in total. The molecule has 0 saturated carbocycles. The Kier molecular flexibility index (Phi) is 6.03. The van der Waals surface area contributed by atoms with Gasteiger partial charge >= 0.3 is 5.97 Å². The van der Waals surface area contributed by atoms with E-state index in [0.717, 1.165) is 22.3 Å². The molecule has 148 valence electrons. The average Bonchev–Trinajstić information content (AvgIpc) is 3.09. The molecule has 9 heteroatoms. The van der Waals surface area contributed by atoms with Crippen LogP contribution in [0.15, 0.2) is 63.3 Å². The van der Waals surface area contributed by atoms with Crippen molar-refractivity contribution in [3.05, 3.63) is 75.0 Å². The van der Waals surface area contributed by atoms with Crippen molar-refractivity contribution in [2.24, 2.45) is 5.10 Å². The number of benzene rings is 2. The van der Waals surface area contributed by atoms with Crippen molar-refractivity contribution >= 4 is 51.0 Å². The zero-order chi connectivity index (χ0) is 20.4. The Morgan fingerprint density at radius 2 is 1.83 bits per heavy atom. The Morgan fingerprint density at radius 3 is 2.52 bits per heavy atom. The summed E-state index contributed by atoms with van der Waals surface area (Å²) in [4.78, 5) is 11.4. The zero-order valence-corrected chi connectivity index (χ0v) is 18.3. The summed E-state index contributed by atoms with van der Waals surface area (Å²) in [6.07, 6.45) is 1.43. The first kappa shape index (κ1) is 20.1. The topological polar surface area (TPSA) is 80.4 Å². The molecule has 3 aromatic rings. The number of nitrogens with zero attached hydrogens (tertiary/aromatic N) is 4. The first-order valence-corrected chi connectivity index (χ1v) is 11.0. The van der Waals surface area contributed by atoms with E-state index >= 15 is 0 Å². The number of carboxylic acids is 1. The van der Waals surface area contributed by atoms with Crippen molar-refractivity contribution in [2.75, 3.05) is 0 Å². The molecule has 6 nitrogen and oxygen atoms in total. The normalized spacial score (nSPS) is 15.7. The number of halogens is 2. The molecule has 0 aliphatic carbocycles. The van der Waals surface area contributed by atoms with Crippen LogP contribution in [0.4, 0.5) is 0 Å². The third-order valence-corrected chi connectivity index (χ3v) is 6.41. The van der Waals surface area contributed by atoms with E-state index in [1.807, 2.05) is 24.3 Å². The summed E-state index contributed by atoms with van der Waals surface area (Å²) in [6.45, 7) is 0. The highest BCUT2D eigenvalue weighted by Gasteiger charge is 2.30. The molecule has 2 heterocycles. The molecule has 1 aliphatic rings. The van der Waals surface area contributed by atoms with Gasteiger partial charge in [-0.2, -0.15) is 9.78 Å². The van der Waals surface area contributed by atoms with Gasteiger partial charge in [-0.1, -0.05) is 63.6 Å². The van der Waals surface area contributed by atoms with Crippen LogP contribution in [-0.2, 0) is 17.6 Å². The Balaban J connectivity index is 1.63. The highest BCUT2D eigenvalue weighted by atomic mass is 79.9. The molecular formula is C20H16BrClN4O2S. The summed E-state index contributed by atoms with van der Waals surface area (Å²) in [5.41, 5.74) is 2.72. The highest BCUT2D eigenvalue weighted by molar-refractivity contribution is 9.10. The van der Waals surface area contributed by atoms with E-state index in [1.165, 1.54) is 17.3 Å². The Morgan fingerprint density at radius 1 is 1.10 bits per heavy atom. The SMILES string of the molecule is O=C(O)CC1Sc2nnc(CCc3ccc(Br)cc3)n2N=C1c1ccc(Cl)cc1. The molecular weight excluding hydrogens is 476 g/mol. The molecule has 1 atom stereocenters. The van der Waals surface area contributed by atoms with Crippen LogP contribution in [0.5, 0.6) is 0 Å². The van der Waals surface area contributed by atoms with Crippen LogP contribution in [-0.4, -0.2) is 36.9 Å². The predicted molar refractivity (Wildman–Crippen MR) is 117 cm³/mol. The van der Waals surface area contributed by atoms with Gasteiger partial charge in [-0.3, -0.25) is 4.79 Å². The standard InChI is InChI=1S/C20H16BrClN4O2S/c21-14-6-1-12(2-7-14)3-10-17-23-24-20-26(17)25-19(16(29-20)11-18(27)28)13-4-8-15(22)9-5-13/h1-2,4-9,16H,3,10-11H2,(H,27,28). The Hall–Kier alpha value is -2.16. The third kappa shape index (κ3) is 4.71. The molecule has 0 radical (unpaired) electrons. The van der Waals surface area contributed by atoms with Gasteiger partial charge < -0.3 is 5.11 Å². The summed E-state index contributed by atoms with van der Waals surface area (Å²) < 4.78 is 2.77. The quantitative estimate of drug-likeness (QED) is 0.541. The van der Waals surface area contributed by atoms with E-state index in [0.29, 0.717) is 22.3 Å². The first-order valence-electron chi connectivity index (χ1n) is 8.91. The maximum Gasteiger partial charge on any atom is 0.304 e. The maximum atomic E-state index is 11.4. The van der Waals surface area contributed by atoms with Gasteiger partial charge in [-0.05, 0) is 41.8 Å². The van der Waals surface area contributed by atoms with Gasteiger partial charge in [0, 0.05) is 15.9 Å². The number of thioether (sulfide) groups is 1. The zero-order valence-electron chi connectivity index (χ0n) is 15.1. The second-order valence-electron chi connectivity index (χ2n) is 6.53. The number of hydrogen-bond acceptors (Lipinski definition) is 5. The smallest absolute Gasteiger partial charge is 0.304 e. The summed E-state index contributed by atoms with van der Waals surface area (Å²) in [5, 5.41) is 23.5. The molecule has 1 aliphatic heterocycles.